The number of carboxylic acids is 1. The first-order chi connectivity index (χ1) is 19.4. The number of likely N-dealkylation sites (tertiary alicyclic amines) is 1. The van der Waals surface area contributed by atoms with Crippen LogP contribution in [0.3, 0.4) is 0 Å². The van der Waals surface area contributed by atoms with Crippen LogP contribution in [0.5, 0.6) is 0 Å². The van der Waals surface area contributed by atoms with E-state index in [1.165, 1.54) is 5.56 Å². The predicted molar refractivity (Wildman–Crippen MR) is 149 cm³/mol. The zero-order valence-corrected chi connectivity index (χ0v) is 23.6. The van der Waals surface area contributed by atoms with E-state index in [0.29, 0.717) is 13.0 Å². The number of rotatable bonds is 7. The van der Waals surface area contributed by atoms with E-state index in [-0.39, 0.29) is 17.9 Å². The molecule has 2 heterocycles. The van der Waals surface area contributed by atoms with Gasteiger partial charge in [-0.15, -0.1) is 0 Å². The highest BCUT2D eigenvalue weighted by Crippen LogP contribution is 2.22. The Hall–Kier alpha value is -3.44. The summed E-state index contributed by atoms with van der Waals surface area (Å²) in [6.45, 7) is 10.6. The minimum absolute atomic E-state index is 0.0569. The van der Waals surface area contributed by atoms with Gasteiger partial charge >= 0.3 is 12.1 Å². The highest BCUT2D eigenvalue weighted by molar-refractivity contribution is 5.95. The Morgan fingerprint density at radius 3 is 2.05 bits per heavy atom. The normalized spacial score (nSPS) is 16.5. The van der Waals surface area contributed by atoms with Crippen molar-refractivity contribution < 1.29 is 32.7 Å². The van der Waals surface area contributed by atoms with Gasteiger partial charge in [0.25, 0.3) is 5.91 Å². The van der Waals surface area contributed by atoms with Crippen LogP contribution >= 0.6 is 0 Å². The molecule has 2 fully saturated rings. The molecule has 2 aliphatic rings. The van der Waals surface area contributed by atoms with Crippen LogP contribution in [-0.2, 0) is 16.1 Å². The van der Waals surface area contributed by atoms with Crippen molar-refractivity contribution in [2.75, 3.05) is 45.8 Å². The molecule has 0 aromatic heterocycles. The summed E-state index contributed by atoms with van der Waals surface area (Å²) in [6.07, 6.45) is -2.82. The highest BCUT2D eigenvalue weighted by atomic mass is 19.4. The highest BCUT2D eigenvalue weighted by Gasteiger charge is 2.38. The van der Waals surface area contributed by atoms with Crippen LogP contribution < -0.4 is 5.32 Å². The lowest BCUT2D eigenvalue weighted by Crippen LogP contribution is -2.50. The Bertz CT molecular complexity index is 1140. The molecule has 0 bridgehead atoms. The minimum Gasteiger partial charge on any atom is -0.475 e. The Kier molecular flexibility index (Phi) is 11.7. The molecule has 0 saturated carbocycles. The smallest absolute Gasteiger partial charge is 0.475 e. The van der Waals surface area contributed by atoms with Crippen LogP contribution in [0.1, 0.15) is 46.3 Å². The maximum Gasteiger partial charge on any atom is 0.490 e. The molecular formula is C30H39F3N4O4. The predicted octanol–water partition coefficient (Wildman–Crippen LogP) is 3.87. The molecule has 41 heavy (non-hydrogen) atoms. The SMILES string of the molecule is Cc1cc(C)cc(C(=O)N(CCC(=O)N2CCNCC2)C2CCN(Cc3ccccc3)CC2)c1.O=C(O)C(F)(F)F. The Morgan fingerprint density at radius 1 is 0.951 bits per heavy atom. The molecule has 2 aliphatic heterocycles. The van der Waals surface area contributed by atoms with E-state index < -0.39 is 12.1 Å². The molecule has 4 rings (SSSR count). The quantitative estimate of drug-likeness (QED) is 0.520. The summed E-state index contributed by atoms with van der Waals surface area (Å²) in [5.41, 5.74) is 4.25. The number of benzene rings is 2. The van der Waals surface area contributed by atoms with Gasteiger partial charge in [0.2, 0.25) is 5.91 Å². The topological polar surface area (TPSA) is 93.2 Å². The number of carbonyl (C=O) groups is 3. The Labute approximate surface area is 239 Å². The molecule has 0 atom stereocenters. The molecule has 8 nitrogen and oxygen atoms in total. The average molecular weight is 577 g/mol. The largest absolute Gasteiger partial charge is 0.490 e. The van der Waals surface area contributed by atoms with Crippen molar-refractivity contribution in [3.63, 3.8) is 0 Å². The summed E-state index contributed by atoms with van der Waals surface area (Å²) in [7, 11) is 0. The van der Waals surface area contributed by atoms with Gasteiger partial charge in [0, 0.05) is 70.4 Å². The fraction of sp³-hybridized carbons (Fsp3) is 0.500. The maximum absolute atomic E-state index is 13.7. The first kappa shape index (κ1) is 32.1. The Balaban J connectivity index is 0.000000587. The van der Waals surface area contributed by atoms with Crippen LogP contribution in [0.15, 0.2) is 48.5 Å². The second kappa shape index (κ2) is 15.0. The standard InChI is InChI=1S/C28H38N4O2.C2HF3O2/c1-22-18-23(2)20-25(19-22)28(34)32(15-10-27(33)31-16-11-29-12-17-31)26-8-13-30(14-9-26)21-24-6-4-3-5-7-24;3-2(4,5)1(6)7/h3-7,18-20,26,29H,8-17,21H2,1-2H3;(H,6,7). The fourth-order valence-corrected chi connectivity index (χ4v) is 5.23. The molecule has 0 aliphatic carbocycles. The number of hydrogen-bond acceptors (Lipinski definition) is 5. The van der Waals surface area contributed by atoms with Gasteiger partial charge in [0.1, 0.15) is 0 Å². The van der Waals surface area contributed by atoms with E-state index in [1.807, 2.05) is 41.8 Å². The van der Waals surface area contributed by atoms with Crippen molar-refractivity contribution in [2.45, 2.75) is 51.9 Å². The van der Waals surface area contributed by atoms with Gasteiger partial charge in [-0.2, -0.15) is 13.2 Å². The summed E-state index contributed by atoms with van der Waals surface area (Å²) in [5.74, 6) is -2.55. The molecule has 2 N–H and O–H groups in total. The molecule has 11 heteroatoms. The first-order valence-electron chi connectivity index (χ1n) is 13.9. The second-order valence-electron chi connectivity index (χ2n) is 10.6. The van der Waals surface area contributed by atoms with Gasteiger partial charge in [0.05, 0.1) is 0 Å². The molecule has 2 aromatic carbocycles. The van der Waals surface area contributed by atoms with Gasteiger partial charge in [-0.05, 0) is 44.4 Å². The van der Waals surface area contributed by atoms with E-state index in [1.54, 1.807) is 0 Å². The maximum atomic E-state index is 13.7. The number of nitrogens with one attached hydrogen (secondary N) is 1. The summed E-state index contributed by atoms with van der Waals surface area (Å²) in [4.78, 5) is 41.8. The zero-order valence-electron chi connectivity index (χ0n) is 23.6. The van der Waals surface area contributed by atoms with E-state index in [2.05, 4.69) is 40.5 Å². The number of hydrogen-bond donors (Lipinski definition) is 2. The molecule has 0 spiro atoms. The van der Waals surface area contributed by atoms with E-state index in [0.717, 1.165) is 75.3 Å². The van der Waals surface area contributed by atoms with E-state index in [9.17, 15) is 22.8 Å². The minimum atomic E-state index is -5.08. The van der Waals surface area contributed by atoms with Crippen molar-refractivity contribution in [3.8, 4) is 0 Å². The number of carboxylic acid groups (broad SMARTS) is 1. The molecule has 2 aromatic rings. The number of piperidine rings is 1. The van der Waals surface area contributed by atoms with Gasteiger partial charge in [-0.1, -0.05) is 47.5 Å². The summed E-state index contributed by atoms with van der Waals surface area (Å²) < 4.78 is 31.7. The Morgan fingerprint density at radius 2 is 1.51 bits per heavy atom. The van der Waals surface area contributed by atoms with Crippen molar-refractivity contribution in [1.82, 2.24) is 20.0 Å². The summed E-state index contributed by atoms with van der Waals surface area (Å²) in [5, 5.41) is 10.4. The van der Waals surface area contributed by atoms with Gasteiger partial charge < -0.3 is 20.2 Å². The second-order valence-corrected chi connectivity index (χ2v) is 10.6. The molecule has 0 unspecified atom stereocenters. The van der Waals surface area contributed by atoms with Gasteiger partial charge in [-0.3, -0.25) is 14.5 Å². The van der Waals surface area contributed by atoms with Crippen LogP contribution in [0, 0.1) is 13.8 Å². The number of piperazine rings is 1. The van der Waals surface area contributed by atoms with Crippen LogP contribution in [0.2, 0.25) is 0 Å². The van der Waals surface area contributed by atoms with Crippen molar-refractivity contribution >= 4 is 17.8 Å². The third-order valence-corrected chi connectivity index (χ3v) is 7.26. The number of halogens is 3. The third kappa shape index (κ3) is 10.2. The lowest BCUT2D eigenvalue weighted by Gasteiger charge is -2.39. The van der Waals surface area contributed by atoms with Crippen molar-refractivity contribution in [2.24, 2.45) is 0 Å². The average Bonchev–Trinajstić information content (AvgIpc) is 2.94. The number of alkyl halides is 3. The number of aliphatic carboxylic acids is 1. The van der Waals surface area contributed by atoms with Crippen molar-refractivity contribution in [3.05, 3.63) is 70.8 Å². The molecular weight excluding hydrogens is 537 g/mol. The van der Waals surface area contributed by atoms with Gasteiger partial charge in [-0.25, -0.2) is 4.79 Å². The van der Waals surface area contributed by atoms with Crippen molar-refractivity contribution in [1.29, 1.82) is 0 Å². The monoisotopic (exact) mass is 576 g/mol. The van der Waals surface area contributed by atoms with Crippen LogP contribution in [0.4, 0.5) is 13.2 Å². The number of aryl methyl sites for hydroxylation is 2. The van der Waals surface area contributed by atoms with E-state index in [4.69, 9.17) is 9.90 Å². The van der Waals surface area contributed by atoms with Crippen LogP contribution in [0.25, 0.3) is 0 Å². The fourth-order valence-electron chi connectivity index (χ4n) is 5.23. The molecule has 224 valence electrons. The molecule has 0 radical (unpaired) electrons. The molecule has 2 amide bonds. The number of nitrogens with zero attached hydrogens (tertiary/aromatic N) is 3. The lowest BCUT2D eigenvalue weighted by molar-refractivity contribution is -0.192. The van der Waals surface area contributed by atoms with Crippen LogP contribution in [-0.4, -0.2) is 95.6 Å². The number of carbonyl (C=O) groups excluding carboxylic acids is 2. The third-order valence-electron chi connectivity index (χ3n) is 7.26. The zero-order chi connectivity index (χ0) is 30.0. The summed E-state index contributed by atoms with van der Waals surface area (Å²) in [6, 6.07) is 16.8. The van der Waals surface area contributed by atoms with Gasteiger partial charge in [0.15, 0.2) is 0 Å². The first-order valence-corrected chi connectivity index (χ1v) is 13.9. The molecule has 2 saturated heterocycles. The van der Waals surface area contributed by atoms with E-state index >= 15 is 0 Å². The number of amides is 2. The summed E-state index contributed by atoms with van der Waals surface area (Å²) >= 11 is 0. The lowest BCUT2D eigenvalue weighted by atomic mass is 9.99.